The lowest BCUT2D eigenvalue weighted by Crippen LogP contribution is -2.50. The van der Waals surface area contributed by atoms with E-state index in [2.05, 4.69) is 20.7 Å². The van der Waals surface area contributed by atoms with Crippen molar-refractivity contribution in [2.45, 2.75) is 65.0 Å². The molecule has 12 nitrogen and oxygen atoms in total. The van der Waals surface area contributed by atoms with E-state index in [4.69, 9.17) is 9.47 Å². The molecule has 3 fully saturated rings. The molecule has 232 valence electrons. The van der Waals surface area contributed by atoms with Gasteiger partial charge >= 0.3 is 5.97 Å². The number of esters is 1. The number of fused-ring (bicyclic) bond motifs is 5. The number of benzene rings is 1. The zero-order valence-electron chi connectivity index (χ0n) is 24.9. The smallest absolute Gasteiger partial charge is 0.311 e. The lowest BCUT2D eigenvalue weighted by atomic mass is 9.53. The minimum atomic E-state index is -0.765. The highest BCUT2D eigenvalue weighted by Crippen LogP contribution is 2.57. The van der Waals surface area contributed by atoms with Gasteiger partial charge in [-0.15, -0.1) is 0 Å². The number of aromatic nitrogens is 3. The predicted molar refractivity (Wildman–Crippen MR) is 156 cm³/mol. The fourth-order valence-electron chi connectivity index (χ4n) is 6.79. The van der Waals surface area contributed by atoms with Crippen LogP contribution in [0.3, 0.4) is 0 Å². The lowest BCUT2D eigenvalue weighted by Gasteiger charge is -2.51. The zero-order valence-corrected chi connectivity index (χ0v) is 24.9. The molecule has 0 spiro atoms. The Balaban J connectivity index is 1.17. The summed E-state index contributed by atoms with van der Waals surface area (Å²) in [6.07, 6.45) is 5.46. The fraction of sp³-hybridized carbons (Fsp3) is 0.484. The normalized spacial score (nSPS) is 22.5. The van der Waals surface area contributed by atoms with E-state index in [9.17, 15) is 23.6 Å². The van der Waals surface area contributed by atoms with Crippen LogP contribution in [0.1, 0.15) is 78.9 Å². The zero-order chi connectivity index (χ0) is 31.2. The Hall–Kier alpha value is -4.55. The number of rotatable bonds is 8. The van der Waals surface area contributed by atoms with E-state index >= 15 is 0 Å². The second-order valence-electron chi connectivity index (χ2n) is 12.3. The maximum Gasteiger partial charge on any atom is 0.311 e. The fourth-order valence-corrected chi connectivity index (χ4v) is 6.79. The van der Waals surface area contributed by atoms with Crippen molar-refractivity contribution in [3.05, 3.63) is 53.2 Å². The molecule has 1 aliphatic heterocycles. The van der Waals surface area contributed by atoms with Crippen molar-refractivity contribution in [1.29, 1.82) is 0 Å². The standard InChI is InChI=1S/C31H35FN6O6/c1-18(2)37-22-12-19(4-5-24(22)44-16-25(37)39)14-33-27(40)21-13-23(38-26(36-21)20(32)15-35-38)28(41)34-17-30-6-9-31(10-7-30,11-8-30)29(42)43-3/h4-5,12-13,15,18H,6-11,14,16-17H2,1-3H3,(H,33,40)(H,34,41). The number of amides is 3. The van der Waals surface area contributed by atoms with Crippen LogP contribution in [-0.4, -0.2) is 64.6 Å². The summed E-state index contributed by atoms with van der Waals surface area (Å²) in [5.41, 5.74) is 0.372. The number of halogens is 1. The molecule has 13 heteroatoms. The highest BCUT2D eigenvalue weighted by molar-refractivity contribution is 5.99. The maximum atomic E-state index is 14.6. The number of ether oxygens (including phenoxy) is 2. The third-order valence-corrected chi connectivity index (χ3v) is 9.41. The molecule has 44 heavy (non-hydrogen) atoms. The Bertz CT molecular complexity index is 1640. The third-order valence-electron chi connectivity index (χ3n) is 9.41. The number of hydrogen-bond donors (Lipinski definition) is 2. The molecule has 0 saturated heterocycles. The Morgan fingerprint density at radius 3 is 2.48 bits per heavy atom. The van der Waals surface area contributed by atoms with E-state index in [1.165, 1.54) is 13.2 Å². The molecule has 7 rings (SSSR count). The number of carbonyl (C=O) groups excluding carboxylic acids is 4. The third kappa shape index (κ3) is 5.13. The first kappa shape index (κ1) is 29.5. The molecule has 3 aromatic rings. The molecule has 2 bridgehead atoms. The van der Waals surface area contributed by atoms with Gasteiger partial charge in [0.1, 0.15) is 17.1 Å². The summed E-state index contributed by atoms with van der Waals surface area (Å²) >= 11 is 0. The summed E-state index contributed by atoms with van der Waals surface area (Å²) < 4.78 is 26.3. The maximum absolute atomic E-state index is 14.6. The monoisotopic (exact) mass is 606 g/mol. The number of carbonyl (C=O) groups is 4. The molecule has 2 aromatic heterocycles. The van der Waals surface area contributed by atoms with Crippen LogP contribution in [0.4, 0.5) is 10.1 Å². The first-order chi connectivity index (χ1) is 21.0. The average molecular weight is 607 g/mol. The van der Waals surface area contributed by atoms with Gasteiger partial charge in [-0.1, -0.05) is 6.07 Å². The molecule has 0 unspecified atom stereocenters. The minimum absolute atomic E-state index is 0.0204. The van der Waals surface area contributed by atoms with Crippen molar-refractivity contribution in [2.24, 2.45) is 10.8 Å². The van der Waals surface area contributed by atoms with Gasteiger partial charge in [0, 0.05) is 25.2 Å². The van der Waals surface area contributed by atoms with Crippen LogP contribution >= 0.6 is 0 Å². The van der Waals surface area contributed by atoms with Gasteiger partial charge in [0.05, 0.1) is 24.4 Å². The van der Waals surface area contributed by atoms with Crippen LogP contribution in [0.2, 0.25) is 0 Å². The summed E-state index contributed by atoms with van der Waals surface area (Å²) in [6, 6.07) is 6.53. The van der Waals surface area contributed by atoms with Crippen molar-refractivity contribution in [1.82, 2.24) is 25.2 Å². The van der Waals surface area contributed by atoms with Gasteiger partial charge in [-0.25, -0.2) is 13.9 Å². The first-order valence-electron chi connectivity index (χ1n) is 14.8. The van der Waals surface area contributed by atoms with Crippen LogP contribution in [0.25, 0.3) is 5.65 Å². The molecular formula is C31H35FN6O6. The average Bonchev–Trinajstić information content (AvgIpc) is 3.42. The van der Waals surface area contributed by atoms with Crippen molar-refractivity contribution >= 4 is 35.0 Å². The number of nitrogens with one attached hydrogen (secondary N) is 2. The van der Waals surface area contributed by atoms with Gasteiger partial charge in [0.25, 0.3) is 17.7 Å². The van der Waals surface area contributed by atoms with E-state index in [0.29, 0.717) is 42.8 Å². The van der Waals surface area contributed by atoms with Gasteiger partial charge in [-0.3, -0.25) is 19.2 Å². The Kier molecular flexibility index (Phi) is 7.50. The summed E-state index contributed by atoms with van der Waals surface area (Å²) in [6.45, 7) is 4.26. The highest BCUT2D eigenvalue weighted by atomic mass is 19.1. The molecule has 2 N–H and O–H groups in total. The van der Waals surface area contributed by atoms with Crippen molar-refractivity contribution < 1.29 is 33.0 Å². The Morgan fingerprint density at radius 1 is 1.07 bits per heavy atom. The van der Waals surface area contributed by atoms with Crippen LogP contribution in [0, 0.1) is 16.6 Å². The quantitative estimate of drug-likeness (QED) is 0.372. The molecule has 3 amide bonds. The topological polar surface area (TPSA) is 144 Å². The molecular weight excluding hydrogens is 571 g/mol. The van der Waals surface area contributed by atoms with E-state index in [1.54, 1.807) is 23.1 Å². The van der Waals surface area contributed by atoms with Crippen molar-refractivity contribution in [3.8, 4) is 5.75 Å². The summed E-state index contributed by atoms with van der Waals surface area (Å²) in [4.78, 5) is 57.2. The van der Waals surface area contributed by atoms with E-state index in [1.807, 2.05) is 13.8 Å². The number of hydrogen-bond acceptors (Lipinski definition) is 8. The summed E-state index contributed by atoms with van der Waals surface area (Å²) in [5.74, 6) is -1.61. The molecule has 0 radical (unpaired) electrons. The number of nitrogens with zero attached hydrogens (tertiary/aromatic N) is 4. The Labute approximate surface area is 253 Å². The molecule has 3 heterocycles. The van der Waals surface area contributed by atoms with Crippen LogP contribution in [0.5, 0.6) is 5.75 Å². The molecule has 4 aliphatic rings. The number of anilines is 1. The SMILES string of the molecule is COC(=O)C12CCC(CNC(=O)c3cc(C(=O)NCc4ccc5c(c4)N(C(C)C)C(=O)CO5)nc4c(F)cnn34)(CC1)CC2. The van der Waals surface area contributed by atoms with Gasteiger partial charge in [0.2, 0.25) is 0 Å². The largest absolute Gasteiger partial charge is 0.482 e. The predicted octanol–water partition coefficient (Wildman–Crippen LogP) is 3.18. The van der Waals surface area contributed by atoms with E-state index < -0.39 is 23.0 Å². The van der Waals surface area contributed by atoms with Crippen molar-refractivity contribution in [2.75, 3.05) is 25.2 Å². The minimum Gasteiger partial charge on any atom is -0.482 e. The molecule has 0 atom stereocenters. The summed E-state index contributed by atoms with van der Waals surface area (Å²) in [5, 5.41) is 9.71. The highest BCUT2D eigenvalue weighted by Gasteiger charge is 2.53. The molecule has 1 aromatic carbocycles. The van der Waals surface area contributed by atoms with Gasteiger partial charge < -0.3 is 25.0 Å². The van der Waals surface area contributed by atoms with Crippen LogP contribution in [-0.2, 0) is 20.9 Å². The van der Waals surface area contributed by atoms with Crippen molar-refractivity contribution in [3.63, 3.8) is 0 Å². The van der Waals surface area contributed by atoms with Gasteiger partial charge in [-0.2, -0.15) is 5.10 Å². The van der Waals surface area contributed by atoms with Crippen LogP contribution in [0.15, 0.2) is 30.5 Å². The lowest BCUT2D eigenvalue weighted by molar-refractivity contribution is -0.162. The Morgan fingerprint density at radius 2 is 1.80 bits per heavy atom. The van der Waals surface area contributed by atoms with Gasteiger partial charge in [-0.05, 0) is 75.5 Å². The molecule has 3 aliphatic carbocycles. The number of methoxy groups -OCH3 is 1. The van der Waals surface area contributed by atoms with Gasteiger partial charge in [0.15, 0.2) is 18.1 Å². The second-order valence-corrected chi connectivity index (χ2v) is 12.3. The first-order valence-corrected chi connectivity index (χ1v) is 14.8. The van der Waals surface area contributed by atoms with E-state index in [0.717, 1.165) is 30.0 Å². The van der Waals surface area contributed by atoms with E-state index in [-0.39, 0.29) is 53.5 Å². The molecule has 3 saturated carbocycles. The van der Waals surface area contributed by atoms with Crippen LogP contribution < -0.4 is 20.3 Å². The second kappa shape index (κ2) is 11.2. The summed E-state index contributed by atoms with van der Waals surface area (Å²) in [7, 11) is 1.42.